The van der Waals surface area contributed by atoms with Gasteiger partial charge in [0.2, 0.25) is 0 Å². The van der Waals surface area contributed by atoms with Gasteiger partial charge in [-0.25, -0.2) is 0 Å². The SMILES string of the molecule is NCCC(c1ccccc1)N1CCCC1CCCO. The molecule has 19 heavy (non-hydrogen) atoms. The molecule has 2 rings (SSSR count). The van der Waals surface area contributed by atoms with Gasteiger partial charge in [-0.05, 0) is 50.8 Å². The second-order valence-corrected chi connectivity index (χ2v) is 5.40. The van der Waals surface area contributed by atoms with Crippen LogP contribution in [0.4, 0.5) is 0 Å². The number of aliphatic hydroxyl groups is 1. The van der Waals surface area contributed by atoms with Gasteiger partial charge in [-0.1, -0.05) is 30.3 Å². The van der Waals surface area contributed by atoms with E-state index in [-0.39, 0.29) is 0 Å². The summed E-state index contributed by atoms with van der Waals surface area (Å²) in [4.78, 5) is 2.61. The average molecular weight is 262 g/mol. The van der Waals surface area contributed by atoms with Crippen molar-refractivity contribution in [1.82, 2.24) is 4.90 Å². The fourth-order valence-electron chi connectivity index (χ4n) is 3.26. The molecule has 0 bridgehead atoms. The lowest BCUT2D eigenvalue weighted by Crippen LogP contribution is -2.34. The zero-order valence-electron chi connectivity index (χ0n) is 11.7. The quantitative estimate of drug-likeness (QED) is 0.793. The maximum atomic E-state index is 9.03. The molecule has 2 unspecified atom stereocenters. The molecular weight excluding hydrogens is 236 g/mol. The van der Waals surface area contributed by atoms with E-state index in [1.165, 1.54) is 18.4 Å². The number of aliphatic hydroxyl groups excluding tert-OH is 1. The zero-order chi connectivity index (χ0) is 13.5. The molecule has 1 aliphatic rings. The Labute approximate surface area is 116 Å². The highest BCUT2D eigenvalue weighted by Crippen LogP contribution is 2.33. The van der Waals surface area contributed by atoms with Gasteiger partial charge >= 0.3 is 0 Å². The Bertz CT molecular complexity index is 355. The molecule has 1 saturated heterocycles. The molecule has 0 aromatic heterocycles. The summed E-state index contributed by atoms with van der Waals surface area (Å²) < 4.78 is 0. The molecule has 1 heterocycles. The minimum atomic E-state index is 0.303. The Hall–Kier alpha value is -0.900. The lowest BCUT2D eigenvalue weighted by atomic mass is 9.99. The Morgan fingerprint density at radius 2 is 2.11 bits per heavy atom. The molecule has 0 amide bonds. The van der Waals surface area contributed by atoms with Crippen LogP contribution in [0.3, 0.4) is 0 Å². The van der Waals surface area contributed by atoms with Crippen molar-refractivity contribution in [2.24, 2.45) is 5.73 Å². The predicted octanol–water partition coefficient (Wildman–Crippen LogP) is 2.31. The number of rotatable bonds is 7. The molecule has 2 atom stereocenters. The van der Waals surface area contributed by atoms with Crippen molar-refractivity contribution in [1.29, 1.82) is 0 Å². The van der Waals surface area contributed by atoms with Crippen molar-refractivity contribution in [3.8, 4) is 0 Å². The number of benzene rings is 1. The van der Waals surface area contributed by atoms with Gasteiger partial charge in [0.05, 0.1) is 0 Å². The van der Waals surface area contributed by atoms with E-state index in [9.17, 15) is 0 Å². The van der Waals surface area contributed by atoms with Crippen LogP contribution in [0.2, 0.25) is 0 Å². The first-order valence-electron chi connectivity index (χ1n) is 7.48. The molecule has 1 fully saturated rings. The minimum absolute atomic E-state index is 0.303. The third-order valence-corrected chi connectivity index (χ3v) is 4.14. The van der Waals surface area contributed by atoms with Gasteiger partial charge in [0.1, 0.15) is 0 Å². The van der Waals surface area contributed by atoms with Crippen LogP contribution in [0.5, 0.6) is 0 Å². The molecule has 0 saturated carbocycles. The molecule has 106 valence electrons. The Balaban J connectivity index is 2.09. The van der Waals surface area contributed by atoms with Crippen LogP contribution >= 0.6 is 0 Å². The van der Waals surface area contributed by atoms with E-state index >= 15 is 0 Å². The maximum Gasteiger partial charge on any atom is 0.0431 e. The van der Waals surface area contributed by atoms with E-state index in [1.54, 1.807) is 0 Å². The van der Waals surface area contributed by atoms with Gasteiger partial charge in [-0.3, -0.25) is 4.90 Å². The first kappa shape index (κ1) is 14.5. The van der Waals surface area contributed by atoms with Gasteiger partial charge in [0.25, 0.3) is 0 Å². The van der Waals surface area contributed by atoms with E-state index in [0.717, 1.165) is 32.4 Å². The van der Waals surface area contributed by atoms with E-state index in [0.29, 0.717) is 18.7 Å². The molecule has 0 aliphatic carbocycles. The van der Waals surface area contributed by atoms with Crippen LogP contribution in [-0.4, -0.2) is 35.7 Å². The first-order valence-corrected chi connectivity index (χ1v) is 7.48. The van der Waals surface area contributed by atoms with Crippen molar-refractivity contribution in [3.63, 3.8) is 0 Å². The number of hydrogen-bond acceptors (Lipinski definition) is 3. The molecule has 1 aromatic rings. The zero-order valence-corrected chi connectivity index (χ0v) is 11.7. The van der Waals surface area contributed by atoms with Crippen LogP contribution < -0.4 is 5.73 Å². The topological polar surface area (TPSA) is 49.5 Å². The maximum absolute atomic E-state index is 9.03. The number of likely N-dealkylation sites (tertiary alicyclic amines) is 1. The molecule has 1 aromatic carbocycles. The second-order valence-electron chi connectivity index (χ2n) is 5.40. The number of nitrogens with zero attached hydrogens (tertiary/aromatic N) is 1. The highest BCUT2D eigenvalue weighted by molar-refractivity contribution is 5.19. The summed E-state index contributed by atoms with van der Waals surface area (Å²) >= 11 is 0. The van der Waals surface area contributed by atoms with Gasteiger partial charge in [-0.15, -0.1) is 0 Å². The summed E-state index contributed by atoms with van der Waals surface area (Å²) in [6.07, 6.45) is 5.55. The molecule has 3 nitrogen and oxygen atoms in total. The Morgan fingerprint density at radius 1 is 1.32 bits per heavy atom. The van der Waals surface area contributed by atoms with Gasteiger partial charge in [-0.2, -0.15) is 0 Å². The normalized spacial score (nSPS) is 21.7. The molecule has 0 radical (unpaired) electrons. The minimum Gasteiger partial charge on any atom is -0.396 e. The fraction of sp³-hybridized carbons (Fsp3) is 0.625. The van der Waals surface area contributed by atoms with Crippen molar-refractivity contribution < 1.29 is 5.11 Å². The standard InChI is InChI=1S/C16H26N2O/c17-11-10-16(14-6-2-1-3-7-14)18-12-4-8-15(18)9-5-13-19/h1-3,6-7,15-16,19H,4-5,8-13,17H2. The summed E-state index contributed by atoms with van der Waals surface area (Å²) in [6, 6.07) is 11.8. The van der Waals surface area contributed by atoms with Crippen molar-refractivity contribution in [2.75, 3.05) is 19.7 Å². The fourth-order valence-corrected chi connectivity index (χ4v) is 3.26. The van der Waals surface area contributed by atoms with E-state index in [1.807, 2.05) is 0 Å². The molecular formula is C16H26N2O. The van der Waals surface area contributed by atoms with Gasteiger partial charge < -0.3 is 10.8 Å². The lowest BCUT2D eigenvalue weighted by Gasteiger charge is -2.33. The molecule has 0 spiro atoms. The van der Waals surface area contributed by atoms with Crippen LogP contribution in [0, 0.1) is 0 Å². The number of nitrogens with two attached hydrogens (primary N) is 1. The third kappa shape index (κ3) is 3.78. The van der Waals surface area contributed by atoms with Gasteiger partial charge in [0.15, 0.2) is 0 Å². The summed E-state index contributed by atoms with van der Waals surface area (Å²) in [5.74, 6) is 0. The predicted molar refractivity (Wildman–Crippen MR) is 78.9 cm³/mol. The highest BCUT2D eigenvalue weighted by atomic mass is 16.2. The summed E-state index contributed by atoms with van der Waals surface area (Å²) in [5, 5.41) is 9.03. The lowest BCUT2D eigenvalue weighted by molar-refractivity contribution is 0.156. The van der Waals surface area contributed by atoms with E-state index < -0.39 is 0 Å². The second kappa shape index (κ2) is 7.63. The van der Waals surface area contributed by atoms with Crippen molar-refractivity contribution >= 4 is 0 Å². The number of hydrogen-bond donors (Lipinski definition) is 2. The van der Waals surface area contributed by atoms with E-state index in [2.05, 4.69) is 35.2 Å². The smallest absolute Gasteiger partial charge is 0.0431 e. The summed E-state index contributed by atoms with van der Waals surface area (Å²) in [7, 11) is 0. The van der Waals surface area contributed by atoms with Crippen LogP contribution in [0.1, 0.15) is 43.7 Å². The Kier molecular flexibility index (Phi) is 5.83. The highest BCUT2D eigenvalue weighted by Gasteiger charge is 2.30. The first-order chi connectivity index (χ1) is 9.36. The molecule has 3 N–H and O–H groups in total. The molecule has 3 heteroatoms. The van der Waals surface area contributed by atoms with Crippen LogP contribution in [0.15, 0.2) is 30.3 Å². The van der Waals surface area contributed by atoms with Crippen molar-refractivity contribution in [3.05, 3.63) is 35.9 Å². The van der Waals surface area contributed by atoms with Crippen LogP contribution in [-0.2, 0) is 0 Å². The average Bonchev–Trinajstić information content (AvgIpc) is 2.91. The monoisotopic (exact) mass is 262 g/mol. The van der Waals surface area contributed by atoms with E-state index in [4.69, 9.17) is 10.8 Å². The summed E-state index contributed by atoms with van der Waals surface area (Å²) in [6.45, 7) is 2.19. The third-order valence-electron chi connectivity index (χ3n) is 4.14. The Morgan fingerprint density at radius 3 is 2.79 bits per heavy atom. The largest absolute Gasteiger partial charge is 0.396 e. The van der Waals surface area contributed by atoms with Crippen LogP contribution in [0.25, 0.3) is 0 Å². The van der Waals surface area contributed by atoms with Gasteiger partial charge in [0, 0.05) is 18.7 Å². The van der Waals surface area contributed by atoms with Crippen molar-refractivity contribution in [2.45, 2.75) is 44.2 Å². The molecule has 1 aliphatic heterocycles. The summed E-state index contributed by atoms with van der Waals surface area (Å²) in [5.41, 5.74) is 7.19.